The van der Waals surface area contributed by atoms with E-state index < -0.39 is 29.7 Å². The lowest BCUT2D eigenvalue weighted by atomic mass is 10.1. The molecule has 0 aliphatic heterocycles. The molecular weight excluding hydrogens is 508 g/mol. The molecule has 0 aliphatic carbocycles. The van der Waals surface area contributed by atoms with Gasteiger partial charge in [-0.25, -0.2) is 4.39 Å². The van der Waals surface area contributed by atoms with E-state index in [0.29, 0.717) is 10.0 Å². The molecule has 3 aromatic rings. The average molecular weight is 523 g/mol. The molecule has 0 aromatic heterocycles. The summed E-state index contributed by atoms with van der Waals surface area (Å²) in [6, 6.07) is 16.4. The van der Waals surface area contributed by atoms with Crippen LogP contribution in [0.3, 0.4) is 0 Å². The highest BCUT2D eigenvalue weighted by Gasteiger charge is 2.31. The summed E-state index contributed by atoms with van der Waals surface area (Å²) in [5.74, 6) is -2.38. The van der Waals surface area contributed by atoms with Gasteiger partial charge in [0.15, 0.2) is 0 Å². The highest BCUT2D eigenvalue weighted by Crippen LogP contribution is 2.24. The van der Waals surface area contributed by atoms with Crippen LogP contribution in [-0.2, 0) is 4.79 Å². The number of carbonyl (C=O) groups excluding carboxylic acids is 2. The van der Waals surface area contributed by atoms with Gasteiger partial charge in [0.05, 0.1) is 5.56 Å². The molecule has 2 N–H and O–H groups in total. The number of benzene rings is 3. The molecule has 10 heteroatoms. The van der Waals surface area contributed by atoms with Crippen molar-refractivity contribution >= 4 is 39.5 Å². The van der Waals surface area contributed by atoms with E-state index in [1.54, 1.807) is 18.2 Å². The standard InChI is InChI=1S/C23H15BrF4N2O3/c24-19-7-2-1-6-18(19)21(31)30-20(13-14-4-3-5-15(25)12-14)22(32)29-16-8-10-17(11-9-16)33-23(26,27)28/h1-13H,(H,29,32)(H,30,31)/b20-13-. The largest absolute Gasteiger partial charge is 0.573 e. The molecule has 0 spiro atoms. The molecule has 3 aromatic carbocycles. The molecule has 0 aliphatic rings. The van der Waals surface area contributed by atoms with E-state index >= 15 is 0 Å². The van der Waals surface area contributed by atoms with Crippen LogP contribution >= 0.6 is 15.9 Å². The van der Waals surface area contributed by atoms with Crippen molar-refractivity contribution in [3.63, 3.8) is 0 Å². The predicted octanol–water partition coefficient (Wildman–Crippen LogP) is 5.90. The Morgan fingerprint density at radius 3 is 2.27 bits per heavy atom. The maximum atomic E-state index is 13.6. The van der Waals surface area contributed by atoms with E-state index in [2.05, 4.69) is 31.3 Å². The normalized spacial score (nSPS) is 11.6. The summed E-state index contributed by atoms with van der Waals surface area (Å²) in [6.45, 7) is 0. The lowest BCUT2D eigenvalue weighted by Crippen LogP contribution is -2.31. The smallest absolute Gasteiger partial charge is 0.406 e. The SMILES string of the molecule is O=C(Nc1ccc(OC(F)(F)F)cc1)/C(=C/c1cccc(F)c1)NC(=O)c1ccccc1Br. The number of hydrogen-bond donors (Lipinski definition) is 2. The number of amides is 2. The first-order valence-corrected chi connectivity index (χ1v) is 10.1. The molecule has 0 fully saturated rings. The summed E-state index contributed by atoms with van der Waals surface area (Å²) in [7, 11) is 0. The van der Waals surface area contributed by atoms with Crippen molar-refractivity contribution in [3.05, 3.63) is 99.9 Å². The van der Waals surface area contributed by atoms with Crippen LogP contribution in [0.2, 0.25) is 0 Å². The van der Waals surface area contributed by atoms with Crippen molar-refractivity contribution in [1.29, 1.82) is 0 Å². The van der Waals surface area contributed by atoms with Crippen LogP contribution in [0.4, 0.5) is 23.2 Å². The zero-order valence-electron chi connectivity index (χ0n) is 16.6. The summed E-state index contributed by atoms with van der Waals surface area (Å²) >= 11 is 3.26. The van der Waals surface area contributed by atoms with Crippen LogP contribution in [-0.4, -0.2) is 18.2 Å². The molecular formula is C23H15BrF4N2O3. The van der Waals surface area contributed by atoms with Gasteiger partial charge < -0.3 is 15.4 Å². The second-order valence-corrected chi connectivity index (χ2v) is 7.43. The Bertz CT molecular complexity index is 1190. The molecule has 3 rings (SSSR count). The average Bonchev–Trinajstić information content (AvgIpc) is 2.74. The summed E-state index contributed by atoms with van der Waals surface area (Å²) in [5, 5.41) is 4.96. The topological polar surface area (TPSA) is 67.4 Å². The van der Waals surface area contributed by atoms with Gasteiger partial charge in [0, 0.05) is 10.2 Å². The van der Waals surface area contributed by atoms with E-state index in [1.807, 2.05) is 0 Å². The van der Waals surface area contributed by atoms with Crippen molar-refractivity contribution in [2.45, 2.75) is 6.36 Å². The highest BCUT2D eigenvalue weighted by atomic mass is 79.9. The Hall–Kier alpha value is -3.66. The van der Waals surface area contributed by atoms with Gasteiger partial charge in [0.2, 0.25) is 0 Å². The quantitative estimate of drug-likeness (QED) is 0.313. The van der Waals surface area contributed by atoms with E-state index in [9.17, 15) is 27.2 Å². The zero-order valence-corrected chi connectivity index (χ0v) is 18.2. The molecule has 0 radical (unpaired) electrons. The number of nitrogens with one attached hydrogen (secondary N) is 2. The zero-order chi connectivity index (χ0) is 24.0. The number of alkyl halides is 3. The summed E-state index contributed by atoms with van der Waals surface area (Å²) in [4.78, 5) is 25.6. The molecule has 33 heavy (non-hydrogen) atoms. The first-order valence-electron chi connectivity index (χ1n) is 9.31. The second-order valence-electron chi connectivity index (χ2n) is 6.57. The number of ether oxygens (including phenoxy) is 1. The van der Waals surface area contributed by atoms with Crippen molar-refractivity contribution in [1.82, 2.24) is 5.32 Å². The van der Waals surface area contributed by atoms with Crippen molar-refractivity contribution < 1.29 is 31.9 Å². The van der Waals surface area contributed by atoms with Gasteiger partial charge in [-0.3, -0.25) is 9.59 Å². The molecule has 0 unspecified atom stereocenters. The number of halogens is 5. The number of anilines is 1. The third-order valence-corrected chi connectivity index (χ3v) is 4.81. The summed E-state index contributed by atoms with van der Waals surface area (Å²) in [5.41, 5.74) is 0.498. The van der Waals surface area contributed by atoms with Gasteiger partial charge >= 0.3 is 6.36 Å². The first-order chi connectivity index (χ1) is 15.6. The van der Waals surface area contributed by atoms with Crippen LogP contribution in [0, 0.1) is 5.82 Å². The molecule has 0 saturated carbocycles. The second kappa shape index (κ2) is 10.3. The van der Waals surface area contributed by atoms with Crippen molar-refractivity contribution in [2.75, 3.05) is 5.32 Å². The van der Waals surface area contributed by atoms with Crippen LogP contribution in [0.15, 0.2) is 83.0 Å². The fourth-order valence-corrected chi connectivity index (χ4v) is 3.16. The van der Waals surface area contributed by atoms with Gasteiger partial charge in [-0.05, 0) is 76.1 Å². The third kappa shape index (κ3) is 7.18. The monoisotopic (exact) mass is 522 g/mol. The van der Waals surface area contributed by atoms with Crippen molar-refractivity contribution in [3.8, 4) is 5.75 Å². The summed E-state index contributed by atoms with van der Waals surface area (Å²) < 4.78 is 54.8. The summed E-state index contributed by atoms with van der Waals surface area (Å²) in [6.07, 6.45) is -3.57. The molecule has 170 valence electrons. The Morgan fingerprint density at radius 2 is 1.64 bits per heavy atom. The predicted molar refractivity (Wildman–Crippen MR) is 118 cm³/mol. The lowest BCUT2D eigenvalue weighted by Gasteiger charge is -2.13. The Kier molecular flexibility index (Phi) is 7.49. The molecule has 0 heterocycles. The van der Waals surface area contributed by atoms with Crippen LogP contribution in [0.25, 0.3) is 6.08 Å². The minimum Gasteiger partial charge on any atom is -0.406 e. The van der Waals surface area contributed by atoms with Crippen LogP contribution in [0.5, 0.6) is 5.75 Å². The Labute approximate surface area is 194 Å². The van der Waals surface area contributed by atoms with Gasteiger partial charge in [-0.15, -0.1) is 13.2 Å². The molecule has 0 atom stereocenters. The van der Waals surface area contributed by atoms with Crippen molar-refractivity contribution in [2.24, 2.45) is 0 Å². The lowest BCUT2D eigenvalue weighted by molar-refractivity contribution is -0.274. The van der Waals surface area contributed by atoms with Gasteiger partial charge in [0.1, 0.15) is 17.3 Å². The molecule has 0 saturated heterocycles. The molecule has 2 amide bonds. The number of carbonyl (C=O) groups is 2. The maximum absolute atomic E-state index is 13.6. The number of hydrogen-bond acceptors (Lipinski definition) is 3. The van der Waals surface area contributed by atoms with E-state index in [0.717, 1.165) is 12.1 Å². The van der Waals surface area contributed by atoms with Crippen LogP contribution in [0.1, 0.15) is 15.9 Å². The van der Waals surface area contributed by atoms with E-state index in [4.69, 9.17) is 0 Å². The Balaban J connectivity index is 1.85. The fourth-order valence-electron chi connectivity index (χ4n) is 2.69. The van der Waals surface area contributed by atoms with Gasteiger partial charge in [-0.1, -0.05) is 24.3 Å². The van der Waals surface area contributed by atoms with E-state index in [1.165, 1.54) is 48.5 Å². The fraction of sp³-hybridized carbons (Fsp3) is 0.0435. The van der Waals surface area contributed by atoms with Gasteiger partial charge in [-0.2, -0.15) is 0 Å². The third-order valence-electron chi connectivity index (χ3n) is 4.12. The Morgan fingerprint density at radius 1 is 0.939 bits per heavy atom. The van der Waals surface area contributed by atoms with Crippen LogP contribution < -0.4 is 15.4 Å². The number of rotatable bonds is 6. The van der Waals surface area contributed by atoms with E-state index in [-0.39, 0.29) is 16.9 Å². The highest BCUT2D eigenvalue weighted by molar-refractivity contribution is 9.10. The minimum absolute atomic E-state index is 0.148. The molecule has 5 nitrogen and oxygen atoms in total. The minimum atomic E-state index is -4.85. The van der Waals surface area contributed by atoms with Gasteiger partial charge in [0.25, 0.3) is 11.8 Å². The maximum Gasteiger partial charge on any atom is 0.573 e. The molecule has 0 bridgehead atoms. The first kappa shape index (κ1) is 24.0.